The van der Waals surface area contributed by atoms with E-state index in [4.69, 9.17) is 0 Å². The average molecular weight is 471 g/mol. The number of amides is 2. The van der Waals surface area contributed by atoms with Crippen molar-refractivity contribution in [3.63, 3.8) is 0 Å². The van der Waals surface area contributed by atoms with Crippen molar-refractivity contribution in [2.75, 3.05) is 11.9 Å². The van der Waals surface area contributed by atoms with Crippen LogP contribution in [0.4, 0.5) is 32.4 Å². The summed E-state index contributed by atoms with van der Waals surface area (Å²) in [6.07, 6.45) is -3.56. The van der Waals surface area contributed by atoms with Crippen LogP contribution in [-0.4, -0.2) is 23.3 Å². The molecule has 0 bridgehead atoms. The van der Waals surface area contributed by atoms with Crippen LogP contribution in [0.1, 0.15) is 28.7 Å². The first-order valence-corrected chi connectivity index (χ1v) is 10.6. The molecule has 3 aromatic rings. The van der Waals surface area contributed by atoms with Gasteiger partial charge in [-0.25, -0.2) is 18.6 Å². The van der Waals surface area contributed by atoms with Crippen molar-refractivity contribution in [1.29, 1.82) is 0 Å². The van der Waals surface area contributed by atoms with E-state index in [1.807, 2.05) is 0 Å². The van der Waals surface area contributed by atoms with Crippen molar-refractivity contribution in [3.8, 4) is 0 Å². The summed E-state index contributed by atoms with van der Waals surface area (Å²) in [5, 5.41) is 8.36. The van der Waals surface area contributed by atoms with Gasteiger partial charge in [0.15, 0.2) is 0 Å². The summed E-state index contributed by atoms with van der Waals surface area (Å²) < 4.78 is 65.9. The van der Waals surface area contributed by atoms with Crippen molar-refractivity contribution in [3.05, 3.63) is 101 Å². The first-order valence-electron chi connectivity index (χ1n) is 10.6. The number of carbonyl (C=O) groups excluding carboxylic acids is 1. The zero-order valence-electron chi connectivity index (χ0n) is 17.7. The highest BCUT2D eigenvalue weighted by Gasteiger charge is 2.48. The van der Waals surface area contributed by atoms with Gasteiger partial charge in [-0.1, -0.05) is 12.1 Å². The SMILES string of the molecule is O=C(Nc1ccc(C(F)(F)F)cc1)N1CCC2(c3ccc(F)cc3)Cc3cc(F)ccc3C2=N1. The number of carbonyl (C=O) groups is 1. The molecule has 174 valence electrons. The van der Waals surface area contributed by atoms with Crippen LogP contribution in [0, 0.1) is 11.6 Å². The fraction of sp³-hybridized carbons (Fsp3) is 0.200. The van der Waals surface area contributed by atoms with E-state index < -0.39 is 23.2 Å². The van der Waals surface area contributed by atoms with Gasteiger partial charge < -0.3 is 5.32 Å². The molecule has 2 aliphatic rings. The van der Waals surface area contributed by atoms with E-state index in [1.54, 1.807) is 18.2 Å². The summed E-state index contributed by atoms with van der Waals surface area (Å²) in [6.45, 7) is 0.212. The fourth-order valence-electron chi connectivity index (χ4n) is 4.66. The summed E-state index contributed by atoms with van der Waals surface area (Å²) in [5.41, 5.74) is 1.57. The molecule has 0 saturated heterocycles. The average Bonchev–Trinajstić information content (AvgIpc) is 3.12. The molecule has 1 N–H and O–H groups in total. The quantitative estimate of drug-likeness (QED) is 0.450. The molecule has 1 atom stereocenters. The zero-order valence-corrected chi connectivity index (χ0v) is 17.7. The summed E-state index contributed by atoms with van der Waals surface area (Å²) in [7, 11) is 0. The van der Waals surface area contributed by atoms with E-state index in [0.29, 0.717) is 24.1 Å². The van der Waals surface area contributed by atoms with Crippen LogP contribution in [0.3, 0.4) is 0 Å². The summed E-state index contributed by atoms with van der Waals surface area (Å²) in [4.78, 5) is 12.9. The Morgan fingerprint density at radius 2 is 1.62 bits per heavy atom. The van der Waals surface area contributed by atoms with E-state index >= 15 is 0 Å². The molecule has 34 heavy (non-hydrogen) atoms. The lowest BCUT2D eigenvalue weighted by Gasteiger charge is -2.37. The van der Waals surface area contributed by atoms with Crippen molar-refractivity contribution in [2.24, 2.45) is 5.10 Å². The van der Waals surface area contributed by atoms with Crippen LogP contribution in [0.2, 0.25) is 0 Å². The zero-order chi connectivity index (χ0) is 24.1. The molecule has 0 spiro atoms. The van der Waals surface area contributed by atoms with Crippen LogP contribution in [-0.2, 0) is 18.0 Å². The third kappa shape index (κ3) is 3.81. The Morgan fingerprint density at radius 3 is 2.29 bits per heavy atom. The third-order valence-corrected chi connectivity index (χ3v) is 6.33. The van der Waals surface area contributed by atoms with Gasteiger partial charge in [0.1, 0.15) is 11.6 Å². The van der Waals surface area contributed by atoms with Gasteiger partial charge in [0, 0.05) is 23.2 Å². The maximum Gasteiger partial charge on any atom is 0.416 e. The molecule has 4 nitrogen and oxygen atoms in total. The molecule has 0 fully saturated rings. The summed E-state index contributed by atoms with van der Waals surface area (Å²) in [6, 6.07) is 14.0. The van der Waals surface area contributed by atoms with Gasteiger partial charge in [-0.3, -0.25) is 0 Å². The summed E-state index contributed by atoms with van der Waals surface area (Å²) in [5.74, 6) is -0.766. The fourth-order valence-corrected chi connectivity index (χ4v) is 4.66. The highest BCUT2D eigenvalue weighted by Crippen LogP contribution is 2.45. The predicted molar refractivity (Wildman–Crippen MR) is 117 cm³/mol. The standard InChI is InChI=1S/C25H18F5N3O/c26-18-5-1-16(2-6-18)24-11-12-33(32-22(24)21-10-7-19(27)13-15(21)14-24)23(34)31-20-8-3-17(4-9-20)25(28,29)30/h1-10,13H,11-12,14H2,(H,31,34). The van der Waals surface area contributed by atoms with Crippen molar-refractivity contribution >= 4 is 17.4 Å². The second-order valence-corrected chi connectivity index (χ2v) is 8.39. The Morgan fingerprint density at radius 1 is 0.941 bits per heavy atom. The first kappa shape index (κ1) is 22.1. The van der Waals surface area contributed by atoms with Crippen LogP contribution >= 0.6 is 0 Å². The van der Waals surface area contributed by atoms with Gasteiger partial charge in [0.05, 0.1) is 11.3 Å². The number of alkyl halides is 3. The number of benzene rings is 3. The van der Waals surface area contributed by atoms with E-state index in [2.05, 4.69) is 10.4 Å². The molecule has 1 heterocycles. The molecule has 0 aromatic heterocycles. The van der Waals surface area contributed by atoms with Gasteiger partial charge >= 0.3 is 12.2 Å². The molecule has 0 saturated carbocycles. The Labute approximate surface area is 191 Å². The minimum absolute atomic E-state index is 0.197. The summed E-state index contributed by atoms with van der Waals surface area (Å²) >= 11 is 0. The Hall–Kier alpha value is -3.75. The van der Waals surface area contributed by atoms with Crippen molar-refractivity contribution in [1.82, 2.24) is 5.01 Å². The molecular weight excluding hydrogens is 453 g/mol. The Balaban J connectivity index is 1.47. The lowest BCUT2D eigenvalue weighted by atomic mass is 9.73. The number of nitrogens with zero attached hydrogens (tertiary/aromatic N) is 2. The molecule has 3 aromatic carbocycles. The monoisotopic (exact) mass is 471 g/mol. The van der Waals surface area contributed by atoms with Gasteiger partial charge in [-0.2, -0.15) is 18.3 Å². The van der Waals surface area contributed by atoms with E-state index in [-0.39, 0.29) is 23.9 Å². The number of hydrazone groups is 1. The molecule has 2 amide bonds. The van der Waals surface area contributed by atoms with Crippen molar-refractivity contribution in [2.45, 2.75) is 24.4 Å². The molecule has 1 aliphatic carbocycles. The number of fused-ring (bicyclic) bond motifs is 3. The lowest BCUT2D eigenvalue weighted by molar-refractivity contribution is -0.137. The molecule has 0 radical (unpaired) electrons. The normalized spacial score (nSPS) is 19.3. The van der Waals surface area contributed by atoms with Crippen LogP contribution < -0.4 is 5.32 Å². The molecule has 1 unspecified atom stereocenters. The predicted octanol–water partition coefficient (Wildman–Crippen LogP) is 6.12. The smallest absolute Gasteiger partial charge is 0.306 e. The number of halogens is 5. The number of hydrogen-bond donors (Lipinski definition) is 1. The number of anilines is 1. The maximum absolute atomic E-state index is 13.9. The molecule has 1 aliphatic heterocycles. The van der Waals surface area contributed by atoms with Gasteiger partial charge in [0.25, 0.3) is 0 Å². The second kappa shape index (κ2) is 7.93. The molecule has 9 heteroatoms. The Bertz CT molecular complexity index is 1290. The number of rotatable bonds is 2. The van der Waals surface area contributed by atoms with Crippen molar-refractivity contribution < 1.29 is 26.7 Å². The molecule has 5 rings (SSSR count). The minimum Gasteiger partial charge on any atom is -0.306 e. The van der Waals surface area contributed by atoms with Gasteiger partial charge in [-0.05, 0) is 78.6 Å². The van der Waals surface area contributed by atoms with Crippen LogP contribution in [0.5, 0.6) is 0 Å². The Kier molecular flexibility index (Phi) is 5.15. The minimum atomic E-state index is -4.47. The second-order valence-electron chi connectivity index (χ2n) is 8.39. The van der Waals surface area contributed by atoms with Crippen LogP contribution in [0.25, 0.3) is 0 Å². The first-order chi connectivity index (χ1) is 16.2. The van der Waals surface area contributed by atoms with Gasteiger partial charge in [0.2, 0.25) is 0 Å². The van der Waals surface area contributed by atoms with Crippen LogP contribution in [0.15, 0.2) is 71.8 Å². The van der Waals surface area contributed by atoms with E-state index in [0.717, 1.165) is 23.3 Å². The number of urea groups is 1. The third-order valence-electron chi connectivity index (χ3n) is 6.33. The topological polar surface area (TPSA) is 44.7 Å². The maximum atomic E-state index is 13.9. The number of hydrogen-bond acceptors (Lipinski definition) is 2. The van der Waals surface area contributed by atoms with E-state index in [1.165, 1.54) is 41.4 Å². The largest absolute Gasteiger partial charge is 0.416 e. The highest BCUT2D eigenvalue weighted by molar-refractivity contribution is 6.13. The highest BCUT2D eigenvalue weighted by atomic mass is 19.4. The number of nitrogens with one attached hydrogen (secondary N) is 1. The van der Waals surface area contributed by atoms with E-state index in [9.17, 15) is 26.7 Å². The lowest BCUT2D eigenvalue weighted by Crippen LogP contribution is -2.46. The van der Waals surface area contributed by atoms with Gasteiger partial charge in [-0.15, -0.1) is 0 Å². The molecular formula is C25H18F5N3O.